The van der Waals surface area contributed by atoms with Crippen molar-refractivity contribution in [2.24, 2.45) is 5.92 Å². The van der Waals surface area contributed by atoms with Gasteiger partial charge in [-0.1, -0.05) is 43.7 Å². The topological polar surface area (TPSA) is 69.6 Å². The summed E-state index contributed by atoms with van der Waals surface area (Å²) in [7, 11) is 1.75. The highest BCUT2D eigenvalue weighted by Gasteiger charge is 2.14. The first-order chi connectivity index (χ1) is 10.0. The van der Waals surface area contributed by atoms with Gasteiger partial charge in [-0.3, -0.25) is 4.79 Å². The molecule has 5 heteroatoms. The maximum Gasteiger partial charge on any atom is 0.317 e. The molecule has 1 unspecified atom stereocenters. The monoisotopic (exact) mass is 292 g/mol. The molecule has 0 radical (unpaired) electrons. The Bertz CT molecular complexity index is 448. The van der Waals surface area contributed by atoms with E-state index in [1.807, 2.05) is 37.3 Å². The van der Waals surface area contributed by atoms with Crippen molar-refractivity contribution >= 4 is 12.0 Å². The number of amides is 2. The fourth-order valence-corrected chi connectivity index (χ4v) is 2.02. The minimum Gasteiger partial charge on any atom is -0.481 e. The van der Waals surface area contributed by atoms with Crippen molar-refractivity contribution in [2.75, 3.05) is 20.1 Å². The van der Waals surface area contributed by atoms with Crippen LogP contribution < -0.4 is 5.32 Å². The van der Waals surface area contributed by atoms with Crippen LogP contribution in [-0.4, -0.2) is 42.1 Å². The molecule has 0 spiro atoms. The lowest BCUT2D eigenvalue weighted by atomic mass is 10.0. The second-order valence-electron chi connectivity index (χ2n) is 5.22. The molecule has 1 aromatic rings. The summed E-state index contributed by atoms with van der Waals surface area (Å²) in [4.78, 5) is 24.2. The van der Waals surface area contributed by atoms with Gasteiger partial charge in [0.15, 0.2) is 0 Å². The van der Waals surface area contributed by atoms with Crippen LogP contribution >= 0.6 is 0 Å². The molecule has 5 nitrogen and oxygen atoms in total. The number of hydrogen-bond acceptors (Lipinski definition) is 2. The predicted molar refractivity (Wildman–Crippen MR) is 82.2 cm³/mol. The molecule has 0 saturated heterocycles. The Morgan fingerprint density at radius 2 is 1.95 bits per heavy atom. The van der Waals surface area contributed by atoms with E-state index in [0.717, 1.165) is 12.8 Å². The predicted octanol–water partition coefficient (Wildman–Crippen LogP) is 2.37. The van der Waals surface area contributed by atoms with Gasteiger partial charge < -0.3 is 15.3 Å². The van der Waals surface area contributed by atoms with Gasteiger partial charge in [0, 0.05) is 26.6 Å². The average molecular weight is 292 g/mol. The number of carboxylic acid groups (broad SMARTS) is 1. The normalized spacial score (nSPS) is 11.7. The Labute approximate surface area is 126 Å². The molecule has 0 bridgehead atoms. The third kappa shape index (κ3) is 6.79. The number of nitrogens with one attached hydrogen (secondary N) is 1. The first-order valence-electron chi connectivity index (χ1n) is 7.27. The third-order valence-electron chi connectivity index (χ3n) is 3.51. The van der Waals surface area contributed by atoms with Crippen molar-refractivity contribution in [1.29, 1.82) is 0 Å². The third-order valence-corrected chi connectivity index (χ3v) is 3.51. The number of likely N-dealkylation sites (N-methyl/N-ethyl adjacent to an activating group) is 1. The highest BCUT2D eigenvalue weighted by molar-refractivity contribution is 5.74. The SMILES string of the molecule is CCC(CNC(=O)N(C)CCc1ccccc1)CC(=O)O. The zero-order chi connectivity index (χ0) is 15.7. The molecule has 2 N–H and O–H groups in total. The van der Waals surface area contributed by atoms with Crippen LogP contribution in [0.25, 0.3) is 0 Å². The van der Waals surface area contributed by atoms with E-state index in [4.69, 9.17) is 5.11 Å². The van der Waals surface area contributed by atoms with Gasteiger partial charge in [-0.25, -0.2) is 4.79 Å². The molecule has 0 aromatic heterocycles. The van der Waals surface area contributed by atoms with Gasteiger partial charge in [0.05, 0.1) is 0 Å². The van der Waals surface area contributed by atoms with E-state index in [2.05, 4.69) is 5.32 Å². The van der Waals surface area contributed by atoms with Crippen molar-refractivity contribution in [2.45, 2.75) is 26.2 Å². The number of aliphatic carboxylic acids is 1. The molecule has 0 fully saturated rings. The van der Waals surface area contributed by atoms with Crippen molar-refractivity contribution in [3.05, 3.63) is 35.9 Å². The average Bonchev–Trinajstić information content (AvgIpc) is 2.49. The number of carboxylic acids is 1. The van der Waals surface area contributed by atoms with Gasteiger partial charge in [0.2, 0.25) is 0 Å². The molecule has 116 valence electrons. The molecule has 1 atom stereocenters. The molecule has 0 aliphatic carbocycles. The summed E-state index contributed by atoms with van der Waals surface area (Å²) in [5.41, 5.74) is 1.19. The van der Waals surface area contributed by atoms with Crippen LogP contribution in [0.5, 0.6) is 0 Å². The van der Waals surface area contributed by atoms with Gasteiger partial charge in [-0.05, 0) is 17.9 Å². The Balaban J connectivity index is 2.32. The zero-order valence-electron chi connectivity index (χ0n) is 12.7. The van der Waals surface area contributed by atoms with E-state index in [1.54, 1.807) is 11.9 Å². The molecule has 1 aromatic carbocycles. The standard InChI is InChI=1S/C16H24N2O3/c1-3-13(11-15(19)20)12-17-16(21)18(2)10-9-14-7-5-4-6-8-14/h4-8,13H,3,9-12H2,1-2H3,(H,17,21)(H,19,20). The zero-order valence-corrected chi connectivity index (χ0v) is 12.7. The van der Waals surface area contributed by atoms with Crippen LogP contribution in [0.15, 0.2) is 30.3 Å². The number of benzene rings is 1. The van der Waals surface area contributed by atoms with Crippen molar-refractivity contribution in [3.8, 4) is 0 Å². The van der Waals surface area contributed by atoms with Crippen LogP contribution in [0.1, 0.15) is 25.3 Å². The summed E-state index contributed by atoms with van der Waals surface area (Å²) in [6.07, 6.45) is 1.63. The van der Waals surface area contributed by atoms with E-state index < -0.39 is 5.97 Å². The number of urea groups is 1. The number of hydrogen-bond donors (Lipinski definition) is 2. The molecule has 0 saturated carbocycles. The van der Waals surface area contributed by atoms with E-state index in [0.29, 0.717) is 13.1 Å². The molecule has 2 amide bonds. The van der Waals surface area contributed by atoms with Crippen LogP contribution in [0, 0.1) is 5.92 Å². The Morgan fingerprint density at radius 1 is 1.29 bits per heavy atom. The lowest BCUT2D eigenvalue weighted by molar-refractivity contribution is -0.138. The highest BCUT2D eigenvalue weighted by Crippen LogP contribution is 2.07. The fourth-order valence-electron chi connectivity index (χ4n) is 2.02. The van der Waals surface area contributed by atoms with Gasteiger partial charge in [0.1, 0.15) is 0 Å². The quantitative estimate of drug-likeness (QED) is 0.773. The summed E-state index contributed by atoms with van der Waals surface area (Å²) in [5, 5.41) is 11.6. The van der Waals surface area contributed by atoms with Crippen molar-refractivity contribution < 1.29 is 14.7 Å². The Hall–Kier alpha value is -2.04. The minimum atomic E-state index is -0.825. The van der Waals surface area contributed by atoms with Gasteiger partial charge >= 0.3 is 12.0 Å². The molecular weight excluding hydrogens is 268 g/mol. The Morgan fingerprint density at radius 3 is 2.52 bits per heavy atom. The largest absolute Gasteiger partial charge is 0.481 e. The number of carbonyl (C=O) groups excluding carboxylic acids is 1. The van der Waals surface area contributed by atoms with Crippen LogP contribution in [0.4, 0.5) is 4.79 Å². The second-order valence-corrected chi connectivity index (χ2v) is 5.22. The highest BCUT2D eigenvalue weighted by atomic mass is 16.4. The molecule has 0 aliphatic rings. The van der Waals surface area contributed by atoms with E-state index >= 15 is 0 Å². The summed E-state index contributed by atoms with van der Waals surface area (Å²) in [6, 6.07) is 9.83. The Kier molecular flexibility index (Phi) is 7.29. The lowest BCUT2D eigenvalue weighted by Crippen LogP contribution is -2.40. The maximum atomic E-state index is 11.9. The van der Waals surface area contributed by atoms with Gasteiger partial charge in [-0.15, -0.1) is 0 Å². The smallest absolute Gasteiger partial charge is 0.317 e. The minimum absolute atomic E-state index is 0.0195. The van der Waals surface area contributed by atoms with E-state index in [1.165, 1.54) is 5.56 Å². The molecular formula is C16H24N2O3. The van der Waals surface area contributed by atoms with Crippen LogP contribution in [0.3, 0.4) is 0 Å². The number of carbonyl (C=O) groups is 2. The maximum absolute atomic E-state index is 11.9. The summed E-state index contributed by atoms with van der Waals surface area (Å²) >= 11 is 0. The van der Waals surface area contributed by atoms with Crippen LogP contribution in [-0.2, 0) is 11.2 Å². The molecule has 1 rings (SSSR count). The summed E-state index contributed by atoms with van der Waals surface area (Å²) in [5.74, 6) is -0.845. The lowest BCUT2D eigenvalue weighted by Gasteiger charge is -2.20. The number of rotatable bonds is 8. The summed E-state index contributed by atoms with van der Waals surface area (Å²) in [6.45, 7) is 2.96. The first kappa shape index (κ1) is 17.0. The second kappa shape index (κ2) is 9.00. The molecule has 0 heterocycles. The fraction of sp³-hybridized carbons (Fsp3) is 0.500. The van der Waals surface area contributed by atoms with Crippen molar-refractivity contribution in [3.63, 3.8) is 0 Å². The first-order valence-corrected chi connectivity index (χ1v) is 7.27. The number of nitrogens with zero attached hydrogens (tertiary/aromatic N) is 1. The van der Waals surface area contributed by atoms with Crippen molar-refractivity contribution in [1.82, 2.24) is 10.2 Å². The van der Waals surface area contributed by atoms with E-state index in [-0.39, 0.29) is 18.4 Å². The van der Waals surface area contributed by atoms with E-state index in [9.17, 15) is 9.59 Å². The van der Waals surface area contributed by atoms with Crippen LogP contribution in [0.2, 0.25) is 0 Å². The van der Waals surface area contributed by atoms with Gasteiger partial charge in [0.25, 0.3) is 0 Å². The molecule has 21 heavy (non-hydrogen) atoms. The molecule has 0 aliphatic heterocycles. The summed E-state index contributed by atoms with van der Waals surface area (Å²) < 4.78 is 0. The van der Waals surface area contributed by atoms with Gasteiger partial charge in [-0.2, -0.15) is 0 Å².